The van der Waals surface area contributed by atoms with Crippen LogP contribution in [0.15, 0.2) is 42.5 Å². The van der Waals surface area contributed by atoms with Gasteiger partial charge in [-0.05, 0) is 36.4 Å². The minimum atomic E-state index is -0.598. The van der Waals surface area contributed by atoms with Crippen LogP contribution in [0.25, 0.3) is 0 Å². The lowest BCUT2D eigenvalue weighted by Gasteiger charge is -2.08. The largest absolute Gasteiger partial charge is 0.450 e. The van der Waals surface area contributed by atoms with E-state index in [1.54, 1.807) is 24.3 Å². The Bertz CT molecular complexity index is 683. The van der Waals surface area contributed by atoms with Gasteiger partial charge in [-0.15, -0.1) is 0 Å². The Morgan fingerprint density at radius 2 is 1.90 bits per heavy atom. The molecule has 0 fully saturated rings. The zero-order valence-electron chi connectivity index (χ0n) is 11.2. The Morgan fingerprint density at radius 3 is 2.48 bits per heavy atom. The van der Waals surface area contributed by atoms with Crippen molar-refractivity contribution in [3.05, 3.63) is 58.1 Å². The standard InChI is InChI=1S/C14H13N3O4/c1-16-14(18)9-2-7-13(12(8-9)17(19)20)21-11-5-3-10(15)4-6-11/h2-8H,15H2,1H3,(H,16,18). The third-order valence-corrected chi connectivity index (χ3v) is 2.75. The number of carbonyl (C=O) groups excluding carboxylic acids is 1. The van der Waals surface area contributed by atoms with Crippen LogP contribution in [0.1, 0.15) is 10.4 Å². The van der Waals surface area contributed by atoms with Crippen molar-refractivity contribution in [2.75, 3.05) is 12.8 Å². The van der Waals surface area contributed by atoms with Gasteiger partial charge < -0.3 is 15.8 Å². The van der Waals surface area contributed by atoms with Gasteiger partial charge in [0, 0.05) is 24.4 Å². The van der Waals surface area contributed by atoms with Crippen molar-refractivity contribution in [1.82, 2.24) is 5.32 Å². The van der Waals surface area contributed by atoms with Gasteiger partial charge >= 0.3 is 5.69 Å². The summed E-state index contributed by atoms with van der Waals surface area (Å²) < 4.78 is 5.47. The number of nitro benzene ring substituents is 1. The molecule has 2 aromatic rings. The fraction of sp³-hybridized carbons (Fsp3) is 0.0714. The number of nitrogens with zero attached hydrogens (tertiary/aromatic N) is 1. The van der Waals surface area contributed by atoms with Crippen LogP contribution in [-0.4, -0.2) is 17.9 Å². The number of nitrogens with one attached hydrogen (secondary N) is 1. The van der Waals surface area contributed by atoms with E-state index >= 15 is 0 Å². The number of nitro groups is 1. The van der Waals surface area contributed by atoms with Crippen LogP contribution < -0.4 is 15.8 Å². The lowest BCUT2D eigenvalue weighted by atomic mass is 10.1. The summed E-state index contributed by atoms with van der Waals surface area (Å²) in [5.74, 6) is 0.0644. The minimum Gasteiger partial charge on any atom is -0.450 e. The van der Waals surface area contributed by atoms with Gasteiger partial charge in [0.05, 0.1) is 4.92 Å². The number of benzene rings is 2. The van der Waals surface area contributed by atoms with Crippen molar-refractivity contribution in [1.29, 1.82) is 0 Å². The zero-order chi connectivity index (χ0) is 15.4. The molecule has 108 valence electrons. The van der Waals surface area contributed by atoms with Gasteiger partial charge in [-0.3, -0.25) is 14.9 Å². The summed E-state index contributed by atoms with van der Waals surface area (Å²) in [6.07, 6.45) is 0. The van der Waals surface area contributed by atoms with E-state index in [0.717, 1.165) is 0 Å². The molecular formula is C14H13N3O4. The third-order valence-electron chi connectivity index (χ3n) is 2.75. The number of ether oxygens (including phenoxy) is 1. The lowest BCUT2D eigenvalue weighted by Crippen LogP contribution is -2.17. The number of rotatable bonds is 4. The Morgan fingerprint density at radius 1 is 1.24 bits per heavy atom. The molecule has 0 saturated heterocycles. The highest BCUT2D eigenvalue weighted by Crippen LogP contribution is 2.32. The van der Waals surface area contributed by atoms with Crippen LogP contribution in [0, 0.1) is 10.1 Å². The van der Waals surface area contributed by atoms with Gasteiger partial charge in [0.25, 0.3) is 5.91 Å². The fourth-order valence-electron chi connectivity index (χ4n) is 1.69. The molecule has 2 rings (SSSR count). The molecule has 3 N–H and O–H groups in total. The van der Waals surface area contributed by atoms with Crippen molar-refractivity contribution in [3.63, 3.8) is 0 Å². The molecule has 0 radical (unpaired) electrons. The maximum Gasteiger partial charge on any atom is 0.312 e. The van der Waals surface area contributed by atoms with E-state index in [1.165, 1.54) is 25.2 Å². The molecular weight excluding hydrogens is 274 g/mol. The maximum absolute atomic E-state index is 11.5. The molecule has 0 heterocycles. The number of carbonyl (C=O) groups is 1. The topological polar surface area (TPSA) is 107 Å². The molecule has 0 saturated carbocycles. The number of amides is 1. The van der Waals surface area contributed by atoms with Crippen LogP contribution in [0.2, 0.25) is 0 Å². The van der Waals surface area contributed by atoms with E-state index < -0.39 is 10.8 Å². The van der Waals surface area contributed by atoms with Gasteiger partial charge in [0.1, 0.15) is 5.75 Å². The molecule has 0 spiro atoms. The first kappa shape index (κ1) is 14.3. The average Bonchev–Trinajstić information content (AvgIpc) is 2.49. The van der Waals surface area contributed by atoms with Crippen LogP contribution in [0.3, 0.4) is 0 Å². The smallest absolute Gasteiger partial charge is 0.312 e. The van der Waals surface area contributed by atoms with Crippen molar-refractivity contribution in [3.8, 4) is 11.5 Å². The summed E-state index contributed by atoms with van der Waals surface area (Å²) in [7, 11) is 1.45. The average molecular weight is 287 g/mol. The first-order valence-corrected chi connectivity index (χ1v) is 6.05. The monoisotopic (exact) mass is 287 g/mol. The number of hydrogen-bond acceptors (Lipinski definition) is 5. The van der Waals surface area contributed by atoms with Crippen molar-refractivity contribution >= 4 is 17.3 Å². The molecule has 0 aliphatic carbocycles. The van der Waals surface area contributed by atoms with Crippen LogP contribution in [-0.2, 0) is 0 Å². The summed E-state index contributed by atoms with van der Waals surface area (Å²) in [4.78, 5) is 22.0. The Kier molecular flexibility index (Phi) is 4.03. The Balaban J connectivity index is 2.36. The van der Waals surface area contributed by atoms with Crippen LogP contribution in [0.5, 0.6) is 11.5 Å². The second-order valence-electron chi connectivity index (χ2n) is 4.19. The van der Waals surface area contributed by atoms with Crippen LogP contribution >= 0.6 is 0 Å². The highest BCUT2D eigenvalue weighted by molar-refractivity contribution is 5.95. The zero-order valence-corrected chi connectivity index (χ0v) is 11.2. The predicted octanol–water partition coefficient (Wildman–Crippen LogP) is 2.33. The maximum atomic E-state index is 11.5. The summed E-state index contributed by atoms with van der Waals surface area (Å²) in [5, 5.41) is 13.5. The number of anilines is 1. The van der Waals surface area contributed by atoms with E-state index in [9.17, 15) is 14.9 Å². The molecule has 0 atom stereocenters. The quantitative estimate of drug-likeness (QED) is 0.509. The summed E-state index contributed by atoms with van der Waals surface area (Å²) in [5.41, 5.74) is 6.02. The second kappa shape index (κ2) is 5.91. The summed E-state index contributed by atoms with van der Waals surface area (Å²) >= 11 is 0. The van der Waals surface area contributed by atoms with E-state index in [4.69, 9.17) is 10.5 Å². The molecule has 21 heavy (non-hydrogen) atoms. The van der Waals surface area contributed by atoms with E-state index in [-0.39, 0.29) is 17.0 Å². The van der Waals surface area contributed by atoms with E-state index in [2.05, 4.69) is 5.32 Å². The van der Waals surface area contributed by atoms with Gasteiger partial charge in [0.15, 0.2) is 0 Å². The number of nitrogens with two attached hydrogens (primary N) is 1. The molecule has 1 amide bonds. The minimum absolute atomic E-state index is 0.0532. The van der Waals surface area contributed by atoms with Gasteiger partial charge in [-0.1, -0.05) is 0 Å². The summed E-state index contributed by atoms with van der Waals surface area (Å²) in [6.45, 7) is 0. The number of nitrogen functional groups attached to an aromatic ring is 1. The van der Waals surface area contributed by atoms with Gasteiger partial charge in [-0.25, -0.2) is 0 Å². The van der Waals surface area contributed by atoms with Gasteiger partial charge in [0.2, 0.25) is 5.75 Å². The van der Waals surface area contributed by atoms with Crippen molar-refractivity contribution in [2.45, 2.75) is 0 Å². The first-order chi connectivity index (χ1) is 10.0. The molecule has 0 aliphatic rings. The molecule has 0 bridgehead atoms. The summed E-state index contributed by atoms with van der Waals surface area (Å²) in [6, 6.07) is 10.5. The second-order valence-corrected chi connectivity index (χ2v) is 4.19. The lowest BCUT2D eigenvalue weighted by molar-refractivity contribution is -0.385. The molecule has 7 heteroatoms. The molecule has 0 unspecified atom stereocenters. The SMILES string of the molecule is CNC(=O)c1ccc(Oc2ccc(N)cc2)c([N+](=O)[O-])c1. The van der Waals surface area contributed by atoms with Crippen molar-refractivity contribution < 1.29 is 14.5 Å². The van der Waals surface area contributed by atoms with Crippen LogP contribution in [0.4, 0.5) is 11.4 Å². The highest BCUT2D eigenvalue weighted by atomic mass is 16.6. The number of hydrogen-bond donors (Lipinski definition) is 2. The molecule has 0 aliphatic heterocycles. The van der Waals surface area contributed by atoms with E-state index in [1.807, 2.05) is 0 Å². The normalized spacial score (nSPS) is 9.95. The predicted molar refractivity (Wildman–Crippen MR) is 77.4 cm³/mol. The fourth-order valence-corrected chi connectivity index (χ4v) is 1.69. The molecule has 0 aromatic heterocycles. The Labute approximate surface area is 120 Å². The van der Waals surface area contributed by atoms with Gasteiger partial charge in [-0.2, -0.15) is 0 Å². The van der Waals surface area contributed by atoms with E-state index in [0.29, 0.717) is 11.4 Å². The van der Waals surface area contributed by atoms with Crippen molar-refractivity contribution in [2.24, 2.45) is 0 Å². The highest BCUT2D eigenvalue weighted by Gasteiger charge is 2.19. The molecule has 2 aromatic carbocycles. The molecule has 7 nitrogen and oxygen atoms in total. The third kappa shape index (κ3) is 3.27. The Hall–Kier alpha value is -3.09. The first-order valence-electron chi connectivity index (χ1n) is 6.05.